The molecule has 7 heteroatoms. The van der Waals surface area contributed by atoms with Gasteiger partial charge in [-0.1, -0.05) is 0 Å². The van der Waals surface area contributed by atoms with Crippen LogP contribution in [0.5, 0.6) is 0 Å². The zero-order chi connectivity index (χ0) is 14.3. The Balaban J connectivity index is 2.43. The highest BCUT2D eigenvalue weighted by atomic mass is 16.5. The largest absolute Gasteiger partial charge is 0.480 e. The first-order chi connectivity index (χ1) is 8.97. The summed E-state index contributed by atoms with van der Waals surface area (Å²) in [5, 5.41) is 11.5. The van der Waals surface area contributed by atoms with E-state index in [4.69, 9.17) is 14.6 Å². The molecule has 7 nitrogen and oxygen atoms in total. The van der Waals surface area contributed by atoms with Crippen LogP contribution in [0.3, 0.4) is 0 Å². The molecule has 1 aliphatic heterocycles. The van der Waals surface area contributed by atoms with Gasteiger partial charge in [0.05, 0.1) is 12.2 Å². The van der Waals surface area contributed by atoms with Crippen LogP contribution in [0.1, 0.15) is 19.8 Å². The van der Waals surface area contributed by atoms with E-state index in [-0.39, 0.29) is 18.7 Å². The molecule has 0 bridgehead atoms. The predicted octanol–water partition coefficient (Wildman–Crippen LogP) is 0.298. The molecule has 1 atom stereocenters. The Labute approximate surface area is 112 Å². The first kappa shape index (κ1) is 15.7. The molecule has 0 radical (unpaired) electrons. The maximum Gasteiger partial charge on any atom is 0.323 e. The van der Waals surface area contributed by atoms with E-state index in [1.54, 1.807) is 0 Å². The maximum absolute atomic E-state index is 11.9. The van der Waals surface area contributed by atoms with Gasteiger partial charge in [-0.25, -0.2) is 4.79 Å². The van der Waals surface area contributed by atoms with Crippen molar-refractivity contribution in [2.45, 2.75) is 25.4 Å². The molecule has 110 valence electrons. The van der Waals surface area contributed by atoms with Crippen molar-refractivity contribution in [3.05, 3.63) is 0 Å². The van der Waals surface area contributed by atoms with E-state index >= 15 is 0 Å². The minimum Gasteiger partial charge on any atom is -0.480 e. The topological polar surface area (TPSA) is 88.1 Å². The number of carboxylic acid groups (broad SMARTS) is 1. The normalized spacial score (nSPS) is 22.2. The van der Waals surface area contributed by atoms with E-state index < -0.39 is 12.0 Å². The summed E-state index contributed by atoms with van der Waals surface area (Å²) >= 11 is 0. The molecule has 2 N–H and O–H groups in total. The summed E-state index contributed by atoms with van der Waals surface area (Å²) in [7, 11) is 1.50. The Hall–Kier alpha value is -1.34. The number of rotatable bonds is 7. The van der Waals surface area contributed by atoms with Gasteiger partial charge in [0, 0.05) is 26.8 Å². The second-order valence-corrected chi connectivity index (χ2v) is 4.87. The van der Waals surface area contributed by atoms with Gasteiger partial charge < -0.3 is 24.8 Å². The van der Waals surface area contributed by atoms with Gasteiger partial charge in [-0.15, -0.1) is 0 Å². The summed E-state index contributed by atoms with van der Waals surface area (Å²) in [5.41, 5.74) is -0.341. The SMILES string of the molecule is COCCN(CC(=O)O)C(=O)NCC1(C)CCCO1. The average Bonchev–Trinajstić information content (AvgIpc) is 2.78. The molecule has 2 amide bonds. The summed E-state index contributed by atoms with van der Waals surface area (Å²) in [4.78, 5) is 23.8. The minimum absolute atomic E-state index is 0.242. The highest BCUT2D eigenvalue weighted by molar-refractivity contribution is 5.80. The van der Waals surface area contributed by atoms with Gasteiger partial charge in [0.2, 0.25) is 0 Å². The van der Waals surface area contributed by atoms with Crippen LogP contribution in [0.25, 0.3) is 0 Å². The third kappa shape index (κ3) is 5.44. The van der Waals surface area contributed by atoms with Crippen molar-refractivity contribution in [1.82, 2.24) is 10.2 Å². The lowest BCUT2D eigenvalue weighted by Gasteiger charge is -2.26. The second kappa shape index (κ2) is 7.30. The fourth-order valence-corrected chi connectivity index (χ4v) is 1.97. The molecule has 1 unspecified atom stereocenters. The summed E-state index contributed by atoms with van der Waals surface area (Å²) in [6.07, 6.45) is 1.87. The van der Waals surface area contributed by atoms with Crippen molar-refractivity contribution in [3.8, 4) is 0 Å². The highest BCUT2D eigenvalue weighted by Crippen LogP contribution is 2.23. The van der Waals surface area contributed by atoms with Crippen molar-refractivity contribution >= 4 is 12.0 Å². The number of carboxylic acids is 1. The van der Waals surface area contributed by atoms with E-state index in [1.807, 2.05) is 6.92 Å². The molecule has 1 heterocycles. The van der Waals surface area contributed by atoms with Crippen molar-refractivity contribution in [2.24, 2.45) is 0 Å². The van der Waals surface area contributed by atoms with Crippen LogP contribution >= 0.6 is 0 Å². The molecule has 1 fully saturated rings. The highest BCUT2D eigenvalue weighted by Gasteiger charge is 2.30. The van der Waals surface area contributed by atoms with Crippen LogP contribution in [0.4, 0.5) is 4.79 Å². The summed E-state index contributed by atoms with van der Waals surface area (Å²) in [6.45, 7) is 3.23. The first-order valence-corrected chi connectivity index (χ1v) is 6.34. The molecule has 1 aliphatic rings. The Morgan fingerprint density at radius 3 is 2.79 bits per heavy atom. The van der Waals surface area contributed by atoms with E-state index in [1.165, 1.54) is 12.0 Å². The van der Waals surface area contributed by atoms with Crippen LogP contribution in [-0.4, -0.2) is 67.6 Å². The van der Waals surface area contributed by atoms with Gasteiger partial charge in [-0.2, -0.15) is 0 Å². The van der Waals surface area contributed by atoms with Crippen molar-refractivity contribution in [1.29, 1.82) is 0 Å². The predicted molar refractivity (Wildman–Crippen MR) is 68.1 cm³/mol. The van der Waals surface area contributed by atoms with Crippen LogP contribution in [0, 0.1) is 0 Å². The van der Waals surface area contributed by atoms with E-state index in [9.17, 15) is 9.59 Å². The fraction of sp³-hybridized carbons (Fsp3) is 0.833. The fourth-order valence-electron chi connectivity index (χ4n) is 1.97. The third-order valence-corrected chi connectivity index (χ3v) is 3.09. The molecular formula is C12H22N2O5. The second-order valence-electron chi connectivity index (χ2n) is 4.87. The number of methoxy groups -OCH3 is 1. The lowest BCUT2D eigenvalue weighted by atomic mass is 10.0. The summed E-state index contributed by atoms with van der Waals surface area (Å²) in [6, 6.07) is -0.406. The molecule has 19 heavy (non-hydrogen) atoms. The number of urea groups is 1. The van der Waals surface area contributed by atoms with E-state index in [0.29, 0.717) is 19.8 Å². The van der Waals surface area contributed by atoms with Crippen LogP contribution in [-0.2, 0) is 14.3 Å². The quantitative estimate of drug-likeness (QED) is 0.697. The smallest absolute Gasteiger partial charge is 0.323 e. The molecule has 0 aromatic carbocycles. The summed E-state index contributed by atoms with van der Waals surface area (Å²) < 4.78 is 10.4. The zero-order valence-electron chi connectivity index (χ0n) is 11.5. The van der Waals surface area contributed by atoms with Crippen LogP contribution in [0.15, 0.2) is 0 Å². The van der Waals surface area contributed by atoms with Crippen LogP contribution < -0.4 is 5.32 Å². The van der Waals surface area contributed by atoms with Gasteiger partial charge in [0.15, 0.2) is 0 Å². The zero-order valence-corrected chi connectivity index (χ0v) is 11.5. The lowest BCUT2D eigenvalue weighted by molar-refractivity contribution is -0.137. The van der Waals surface area contributed by atoms with E-state index in [0.717, 1.165) is 12.8 Å². The molecule has 0 spiro atoms. The standard InChI is InChI=1S/C12H22N2O5/c1-12(4-3-6-19-12)9-13-11(17)14(5-7-18-2)8-10(15)16/h3-9H2,1-2H3,(H,13,17)(H,15,16). The Morgan fingerprint density at radius 1 is 1.53 bits per heavy atom. The number of ether oxygens (including phenoxy) is 2. The van der Waals surface area contributed by atoms with Gasteiger partial charge in [0.25, 0.3) is 0 Å². The van der Waals surface area contributed by atoms with Gasteiger partial charge >= 0.3 is 12.0 Å². The summed E-state index contributed by atoms with van der Waals surface area (Å²) in [5.74, 6) is -1.05. The molecule has 0 aliphatic carbocycles. The van der Waals surface area contributed by atoms with E-state index in [2.05, 4.69) is 5.32 Å². The Bertz CT molecular complexity index is 315. The number of aliphatic carboxylic acids is 1. The van der Waals surface area contributed by atoms with Gasteiger partial charge in [0.1, 0.15) is 6.54 Å². The number of carbonyl (C=O) groups is 2. The number of amides is 2. The first-order valence-electron chi connectivity index (χ1n) is 6.34. The number of carbonyl (C=O) groups excluding carboxylic acids is 1. The van der Waals surface area contributed by atoms with Crippen molar-refractivity contribution in [3.63, 3.8) is 0 Å². The van der Waals surface area contributed by atoms with Gasteiger partial charge in [-0.05, 0) is 19.8 Å². The monoisotopic (exact) mass is 274 g/mol. The molecule has 1 saturated heterocycles. The maximum atomic E-state index is 11.9. The van der Waals surface area contributed by atoms with Gasteiger partial charge in [-0.3, -0.25) is 4.79 Å². The Morgan fingerprint density at radius 2 is 2.26 bits per heavy atom. The average molecular weight is 274 g/mol. The number of nitrogens with zero attached hydrogens (tertiary/aromatic N) is 1. The van der Waals surface area contributed by atoms with Crippen molar-refractivity contribution in [2.75, 3.05) is 40.0 Å². The van der Waals surface area contributed by atoms with Crippen LogP contribution in [0.2, 0.25) is 0 Å². The molecular weight excluding hydrogens is 252 g/mol. The van der Waals surface area contributed by atoms with Crippen molar-refractivity contribution < 1.29 is 24.2 Å². The molecule has 0 aromatic rings. The third-order valence-electron chi connectivity index (χ3n) is 3.09. The lowest BCUT2D eigenvalue weighted by Crippen LogP contribution is -2.48. The Kier molecular flexibility index (Phi) is 6.04. The molecule has 0 saturated carbocycles. The number of hydrogen-bond acceptors (Lipinski definition) is 4. The number of hydrogen-bond donors (Lipinski definition) is 2. The minimum atomic E-state index is -1.05. The number of nitrogens with one attached hydrogen (secondary N) is 1. The molecule has 1 rings (SSSR count). The molecule has 0 aromatic heterocycles.